The van der Waals surface area contributed by atoms with Crippen LogP contribution in [0.2, 0.25) is 0 Å². The molecule has 0 aliphatic rings. The highest BCUT2D eigenvalue weighted by Gasteiger charge is 2.16. The van der Waals surface area contributed by atoms with Crippen LogP contribution in [0.3, 0.4) is 0 Å². The maximum absolute atomic E-state index is 12.1. The van der Waals surface area contributed by atoms with E-state index in [1.165, 1.54) is 16.7 Å². The maximum atomic E-state index is 12.1. The molecular weight excluding hydrogens is 282 g/mol. The molecular formula is C12H17N3O4S. The molecule has 0 saturated heterocycles. The molecule has 0 bridgehead atoms. The Hall–Kier alpha value is -1.64. The van der Waals surface area contributed by atoms with E-state index in [1.54, 1.807) is 20.0 Å². The molecule has 110 valence electrons. The van der Waals surface area contributed by atoms with Crippen LogP contribution < -0.4 is 16.2 Å². The van der Waals surface area contributed by atoms with Crippen molar-refractivity contribution in [3.8, 4) is 0 Å². The first-order chi connectivity index (χ1) is 9.31. The Labute approximate surface area is 116 Å². The van der Waals surface area contributed by atoms with Crippen molar-refractivity contribution < 1.29 is 12.8 Å². The lowest BCUT2D eigenvalue weighted by molar-refractivity contribution is 0.527. The predicted octanol–water partition coefficient (Wildman–Crippen LogP) is 0.147. The average molecular weight is 299 g/mol. The van der Waals surface area contributed by atoms with Crippen LogP contribution in [0, 0.1) is 0 Å². The molecule has 0 saturated carbocycles. The van der Waals surface area contributed by atoms with Gasteiger partial charge in [0.05, 0.1) is 10.4 Å². The van der Waals surface area contributed by atoms with Gasteiger partial charge < -0.3 is 10.2 Å². The van der Waals surface area contributed by atoms with Crippen molar-refractivity contribution in [3.63, 3.8) is 0 Å². The standard InChI is InChI=1S/C12H17N3O4S/c1-8(13)5-6-14-20(17,18)9-3-4-10-11(7-9)19-12(16)15(10)2/h3-4,7-8,14H,5-6,13H2,1-2H3. The number of rotatable bonds is 5. The Kier molecular flexibility index (Phi) is 3.98. The van der Waals surface area contributed by atoms with Crippen LogP contribution in [0.25, 0.3) is 11.1 Å². The Morgan fingerprint density at radius 2 is 2.15 bits per heavy atom. The highest BCUT2D eigenvalue weighted by Crippen LogP contribution is 2.17. The Balaban J connectivity index is 2.30. The van der Waals surface area contributed by atoms with E-state index in [0.717, 1.165) is 0 Å². The fraction of sp³-hybridized carbons (Fsp3) is 0.417. The molecule has 2 rings (SSSR count). The summed E-state index contributed by atoms with van der Waals surface area (Å²) in [6.45, 7) is 2.07. The number of hydrogen-bond acceptors (Lipinski definition) is 5. The second kappa shape index (κ2) is 5.39. The van der Waals surface area contributed by atoms with E-state index in [1.807, 2.05) is 0 Å². The molecule has 20 heavy (non-hydrogen) atoms. The molecule has 1 aromatic heterocycles. The highest BCUT2D eigenvalue weighted by atomic mass is 32.2. The zero-order valence-electron chi connectivity index (χ0n) is 11.3. The zero-order valence-corrected chi connectivity index (χ0v) is 12.1. The van der Waals surface area contributed by atoms with E-state index in [2.05, 4.69) is 4.72 Å². The normalized spacial score (nSPS) is 13.8. The van der Waals surface area contributed by atoms with Crippen LogP contribution in [0.5, 0.6) is 0 Å². The van der Waals surface area contributed by atoms with Gasteiger partial charge in [-0.25, -0.2) is 17.9 Å². The molecule has 0 aliphatic heterocycles. The second-order valence-corrected chi connectivity index (χ2v) is 6.49. The molecule has 8 heteroatoms. The fourth-order valence-electron chi connectivity index (χ4n) is 1.79. The summed E-state index contributed by atoms with van der Waals surface area (Å²) in [7, 11) is -2.07. The quantitative estimate of drug-likeness (QED) is 0.817. The number of nitrogens with zero attached hydrogens (tertiary/aromatic N) is 1. The van der Waals surface area contributed by atoms with E-state index >= 15 is 0 Å². The van der Waals surface area contributed by atoms with E-state index in [-0.39, 0.29) is 23.1 Å². The first kappa shape index (κ1) is 14.8. The minimum Gasteiger partial charge on any atom is -0.408 e. The molecule has 0 aliphatic carbocycles. The van der Waals surface area contributed by atoms with Gasteiger partial charge in [0.25, 0.3) is 0 Å². The van der Waals surface area contributed by atoms with Gasteiger partial charge in [-0.15, -0.1) is 0 Å². The van der Waals surface area contributed by atoms with Crippen LogP contribution in [0.1, 0.15) is 13.3 Å². The van der Waals surface area contributed by atoms with Gasteiger partial charge in [0.2, 0.25) is 10.0 Å². The van der Waals surface area contributed by atoms with Crippen molar-refractivity contribution in [2.24, 2.45) is 12.8 Å². The SMILES string of the molecule is CC(N)CCNS(=O)(=O)c1ccc2c(c1)oc(=O)n2C. The van der Waals surface area contributed by atoms with Crippen molar-refractivity contribution in [1.82, 2.24) is 9.29 Å². The summed E-state index contributed by atoms with van der Waals surface area (Å²) < 4.78 is 32.9. The third kappa shape index (κ3) is 2.92. The van der Waals surface area contributed by atoms with Crippen molar-refractivity contribution >= 4 is 21.1 Å². The number of nitrogens with one attached hydrogen (secondary N) is 1. The predicted molar refractivity (Wildman–Crippen MR) is 74.9 cm³/mol. The Morgan fingerprint density at radius 1 is 1.45 bits per heavy atom. The molecule has 1 aromatic carbocycles. The zero-order chi connectivity index (χ0) is 14.9. The van der Waals surface area contributed by atoms with Crippen LogP contribution in [-0.2, 0) is 17.1 Å². The maximum Gasteiger partial charge on any atom is 0.419 e. The van der Waals surface area contributed by atoms with Gasteiger partial charge in [-0.2, -0.15) is 0 Å². The van der Waals surface area contributed by atoms with Crippen LogP contribution in [0.4, 0.5) is 0 Å². The van der Waals surface area contributed by atoms with Gasteiger partial charge in [-0.1, -0.05) is 0 Å². The molecule has 2 aromatic rings. The molecule has 0 amide bonds. The molecule has 0 spiro atoms. The van der Waals surface area contributed by atoms with E-state index < -0.39 is 15.8 Å². The lowest BCUT2D eigenvalue weighted by Gasteiger charge is -2.08. The summed E-state index contributed by atoms with van der Waals surface area (Å²) in [6.07, 6.45) is 0.544. The number of benzene rings is 1. The summed E-state index contributed by atoms with van der Waals surface area (Å²) in [4.78, 5) is 11.4. The van der Waals surface area contributed by atoms with E-state index in [9.17, 15) is 13.2 Å². The van der Waals surface area contributed by atoms with Gasteiger partial charge in [-0.3, -0.25) is 4.57 Å². The number of fused-ring (bicyclic) bond motifs is 1. The average Bonchev–Trinajstić information content (AvgIpc) is 2.64. The smallest absolute Gasteiger partial charge is 0.408 e. The van der Waals surface area contributed by atoms with E-state index in [4.69, 9.17) is 10.2 Å². The Bertz CT molecular complexity index is 774. The number of oxazole rings is 1. The van der Waals surface area contributed by atoms with Gasteiger partial charge in [0.1, 0.15) is 0 Å². The molecule has 1 unspecified atom stereocenters. The van der Waals surface area contributed by atoms with Gasteiger partial charge in [0.15, 0.2) is 5.58 Å². The van der Waals surface area contributed by atoms with Gasteiger partial charge in [0, 0.05) is 25.7 Å². The second-order valence-electron chi connectivity index (χ2n) is 4.72. The molecule has 1 heterocycles. The number of hydrogen-bond donors (Lipinski definition) is 2. The lowest BCUT2D eigenvalue weighted by atomic mass is 10.3. The summed E-state index contributed by atoms with van der Waals surface area (Å²) in [5.41, 5.74) is 6.36. The third-order valence-electron chi connectivity index (χ3n) is 2.97. The molecule has 0 radical (unpaired) electrons. The lowest BCUT2D eigenvalue weighted by Crippen LogP contribution is -2.29. The summed E-state index contributed by atoms with van der Waals surface area (Å²) in [5.74, 6) is -0.528. The van der Waals surface area contributed by atoms with Crippen LogP contribution in [-0.4, -0.2) is 25.6 Å². The van der Waals surface area contributed by atoms with Crippen molar-refractivity contribution in [1.29, 1.82) is 0 Å². The van der Waals surface area contributed by atoms with Gasteiger partial charge >= 0.3 is 5.76 Å². The largest absolute Gasteiger partial charge is 0.419 e. The van der Waals surface area contributed by atoms with Crippen molar-refractivity contribution in [2.45, 2.75) is 24.3 Å². The fourth-order valence-corrected chi connectivity index (χ4v) is 2.85. The molecule has 3 N–H and O–H groups in total. The molecule has 0 fully saturated rings. The minimum atomic E-state index is -3.63. The van der Waals surface area contributed by atoms with E-state index in [0.29, 0.717) is 11.9 Å². The monoisotopic (exact) mass is 299 g/mol. The van der Waals surface area contributed by atoms with Gasteiger partial charge in [-0.05, 0) is 25.5 Å². The molecule has 7 nitrogen and oxygen atoms in total. The van der Waals surface area contributed by atoms with Crippen molar-refractivity contribution in [2.75, 3.05) is 6.54 Å². The van der Waals surface area contributed by atoms with Crippen LogP contribution in [0.15, 0.2) is 32.3 Å². The minimum absolute atomic E-state index is 0.0593. The topological polar surface area (TPSA) is 107 Å². The summed E-state index contributed by atoms with van der Waals surface area (Å²) >= 11 is 0. The first-order valence-electron chi connectivity index (χ1n) is 6.16. The number of aromatic nitrogens is 1. The number of nitrogens with two attached hydrogens (primary N) is 1. The number of aryl methyl sites for hydroxylation is 1. The van der Waals surface area contributed by atoms with Crippen molar-refractivity contribution in [3.05, 3.63) is 28.7 Å². The number of sulfonamides is 1. The molecule has 1 atom stereocenters. The summed E-state index contributed by atoms with van der Waals surface area (Å²) in [5, 5.41) is 0. The van der Waals surface area contributed by atoms with Crippen LogP contribution >= 0.6 is 0 Å². The summed E-state index contributed by atoms with van der Waals surface area (Å²) in [6, 6.07) is 4.24. The highest BCUT2D eigenvalue weighted by molar-refractivity contribution is 7.89. The first-order valence-corrected chi connectivity index (χ1v) is 7.64. The third-order valence-corrected chi connectivity index (χ3v) is 4.42. The Morgan fingerprint density at radius 3 is 2.80 bits per heavy atom.